The highest BCUT2D eigenvalue weighted by Gasteiger charge is 2.47. The summed E-state index contributed by atoms with van der Waals surface area (Å²) in [5, 5.41) is 11.7. The van der Waals surface area contributed by atoms with E-state index < -0.39 is 17.7 Å². The normalized spacial score (nSPS) is 16.9. The van der Waals surface area contributed by atoms with Crippen LogP contribution in [0.1, 0.15) is 56.8 Å². The number of ketones is 1. The van der Waals surface area contributed by atoms with Crippen molar-refractivity contribution >= 4 is 23.1 Å². The number of carbonyl (C=O) groups is 2. The zero-order chi connectivity index (χ0) is 28.3. The van der Waals surface area contributed by atoms with Gasteiger partial charge in [0.25, 0.3) is 11.7 Å². The number of anilines is 1. The van der Waals surface area contributed by atoms with Gasteiger partial charge in [-0.2, -0.15) is 0 Å². The molecule has 1 unspecified atom stereocenters. The largest absolute Gasteiger partial charge is 0.507 e. The van der Waals surface area contributed by atoms with Crippen molar-refractivity contribution in [2.24, 2.45) is 0 Å². The van der Waals surface area contributed by atoms with E-state index in [1.807, 2.05) is 31.2 Å². The molecule has 4 rings (SSSR count). The molecule has 1 aliphatic rings. The van der Waals surface area contributed by atoms with Crippen LogP contribution in [0.15, 0.2) is 72.3 Å². The van der Waals surface area contributed by atoms with Crippen LogP contribution < -0.4 is 19.1 Å². The summed E-state index contributed by atoms with van der Waals surface area (Å²) in [6.45, 7) is 8.78. The lowest BCUT2D eigenvalue weighted by molar-refractivity contribution is -0.132. The van der Waals surface area contributed by atoms with E-state index in [9.17, 15) is 14.7 Å². The standard InChI is InChI=1S/C32H35NO6/c1-7-18-39-24-13-8-20(9-14-24)28-27(29(34)25-19-21(32(2,3)4)10-17-26(25)38-6)30(35)31(36)33(28)22-11-15-23(37-5)16-12-22/h8-17,19,28,34H,7,18H2,1-6H3/b29-27+. The first kappa shape index (κ1) is 27.8. The second-order valence-corrected chi connectivity index (χ2v) is 10.4. The van der Waals surface area contributed by atoms with Crippen molar-refractivity contribution in [2.75, 3.05) is 25.7 Å². The fourth-order valence-electron chi connectivity index (χ4n) is 4.63. The third-order valence-electron chi connectivity index (χ3n) is 6.78. The van der Waals surface area contributed by atoms with Crippen LogP contribution >= 0.6 is 0 Å². The van der Waals surface area contributed by atoms with Crippen molar-refractivity contribution in [3.63, 3.8) is 0 Å². The molecule has 0 bridgehead atoms. The molecule has 39 heavy (non-hydrogen) atoms. The van der Waals surface area contributed by atoms with Gasteiger partial charge in [0, 0.05) is 5.69 Å². The first-order chi connectivity index (χ1) is 18.6. The molecule has 1 aliphatic heterocycles. The molecule has 204 valence electrons. The summed E-state index contributed by atoms with van der Waals surface area (Å²) in [6, 6.07) is 18.8. The number of hydrogen-bond donors (Lipinski definition) is 1. The Morgan fingerprint density at radius 1 is 0.897 bits per heavy atom. The Morgan fingerprint density at radius 2 is 1.54 bits per heavy atom. The number of benzene rings is 3. The van der Waals surface area contributed by atoms with Crippen LogP contribution in [0.25, 0.3) is 5.76 Å². The Hall–Kier alpha value is -4.26. The number of carbonyl (C=O) groups excluding carboxylic acids is 2. The van der Waals surface area contributed by atoms with Gasteiger partial charge in [0.05, 0.1) is 38.0 Å². The SMILES string of the molecule is CCCOc1ccc(C2/C(=C(\O)c3cc(C(C)(C)C)ccc3OC)C(=O)C(=O)N2c2ccc(OC)cc2)cc1. The summed E-state index contributed by atoms with van der Waals surface area (Å²) in [5.41, 5.74) is 2.23. The Balaban J connectivity index is 1.93. The summed E-state index contributed by atoms with van der Waals surface area (Å²) in [4.78, 5) is 28.5. The highest BCUT2D eigenvalue weighted by Crippen LogP contribution is 2.44. The Kier molecular flexibility index (Phi) is 8.00. The number of nitrogens with zero attached hydrogens (tertiary/aromatic N) is 1. The minimum absolute atomic E-state index is 0.0117. The first-order valence-electron chi connectivity index (χ1n) is 13.0. The molecule has 0 saturated carbocycles. The predicted octanol–water partition coefficient (Wildman–Crippen LogP) is 6.42. The molecular weight excluding hydrogens is 494 g/mol. The van der Waals surface area contributed by atoms with Gasteiger partial charge in [-0.05, 0) is 71.5 Å². The van der Waals surface area contributed by atoms with Crippen LogP contribution in [-0.2, 0) is 15.0 Å². The van der Waals surface area contributed by atoms with Crippen LogP contribution in [-0.4, -0.2) is 37.6 Å². The monoisotopic (exact) mass is 529 g/mol. The second kappa shape index (κ2) is 11.2. The maximum absolute atomic E-state index is 13.6. The number of amides is 1. The van der Waals surface area contributed by atoms with E-state index >= 15 is 0 Å². The molecule has 1 amide bonds. The second-order valence-electron chi connectivity index (χ2n) is 10.4. The van der Waals surface area contributed by atoms with Gasteiger partial charge in [0.1, 0.15) is 23.0 Å². The molecule has 3 aromatic rings. The zero-order valence-corrected chi connectivity index (χ0v) is 23.3. The molecule has 0 radical (unpaired) electrons. The van der Waals surface area contributed by atoms with Gasteiger partial charge < -0.3 is 19.3 Å². The van der Waals surface area contributed by atoms with Gasteiger partial charge in [0.15, 0.2) is 0 Å². The Morgan fingerprint density at radius 3 is 2.10 bits per heavy atom. The van der Waals surface area contributed by atoms with E-state index in [0.29, 0.717) is 40.7 Å². The molecule has 1 heterocycles. The summed E-state index contributed by atoms with van der Waals surface area (Å²) < 4.78 is 16.6. The number of aliphatic hydroxyl groups is 1. The van der Waals surface area contributed by atoms with Crippen LogP contribution in [0.5, 0.6) is 17.2 Å². The van der Waals surface area contributed by atoms with Crippen molar-refractivity contribution in [3.8, 4) is 17.2 Å². The van der Waals surface area contributed by atoms with Gasteiger partial charge in [-0.15, -0.1) is 0 Å². The van der Waals surface area contributed by atoms with E-state index in [2.05, 4.69) is 20.8 Å². The number of aliphatic hydroxyl groups excluding tert-OH is 1. The van der Waals surface area contributed by atoms with Gasteiger partial charge >= 0.3 is 0 Å². The molecule has 1 fully saturated rings. The highest BCUT2D eigenvalue weighted by atomic mass is 16.5. The molecule has 7 heteroatoms. The van der Waals surface area contributed by atoms with Crippen LogP contribution in [0.4, 0.5) is 5.69 Å². The quantitative estimate of drug-likeness (QED) is 0.206. The third kappa shape index (κ3) is 5.48. The lowest BCUT2D eigenvalue weighted by atomic mass is 9.85. The minimum atomic E-state index is -0.874. The molecule has 1 N–H and O–H groups in total. The maximum Gasteiger partial charge on any atom is 0.300 e. The van der Waals surface area contributed by atoms with E-state index in [1.165, 1.54) is 12.0 Å². The summed E-state index contributed by atoms with van der Waals surface area (Å²) in [5.74, 6) is -0.0942. The van der Waals surface area contributed by atoms with E-state index in [-0.39, 0.29) is 16.7 Å². The zero-order valence-electron chi connectivity index (χ0n) is 23.3. The van der Waals surface area contributed by atoms with Crippen LogP contribution in [0.2, 0.25) is 0 Å². The van der Waals surface area contributed by atoms with Crippen molar-refractivity contribution in [3.05, 3.63) is 89.0 Å². The first-order valence-corrected chi connectivity index (χ1v) is 13.0. The highest BCUT2D eigenvalue weighted by molar-refractivity contribution is 6.51. The van der Waals surface area contributed by atoms with E-state index in [0.717, 1.165) is 12.0 Å². The molecule has 0 spiro atoms. The fraction of sp³-hybridized carbons (Fsp3) is 0.312. The van der Waals surface area contributed by atoms with Crippen molar-refractivity contribution < 1.29 is 28.9 Å². The van der Waals surface area contributed by atoms with Crippen molar-refractivity contribution in [1.82, 2.24) is 0 Å². The molecular formula is C32H35NO6. The summed E-state index contributed by atoms with van der Waals surface area (Å²) in [7, 11) is 3.06. The smallest absolute Gasteiger partial charge is 0.300 e. The van der Waals surface area contributed by atoms with E-state index in [4.69, 9.17) is 14.2 Å². The number of Topliss-reactive ketones (excluding diaryl/α,β-unsaturated/α-hetero) is 1. The lowest BCUT2D eigenvalue weighted by Crippen LogP contribution is -2.29. The topological polar surface area (TPSA) is 85.3 Å². The molecule has 0 aliphatic carbocycles. The van der Waals surface area contributed by atoms with Crippen LogP contribution in [0, 0.1) is 0 Å². The summed E-state index contributed by atoms with van der Waals surface area (Å²) >= 11 is 0. The molecule has 0 aromatic heterocycles. The predicted molar refractivity (Wildman–Crippen MR) is 152 cm³/mol. The summed E-state index contributed by atoms with van der Waals surface area (Å²) in [6.07, 6.45) is 0.870. The Bertz CT molecular complexity index is 1380. The molecule has 3 aromatic carbocycles. The molecule has 1 saturated heterocycles. The number of methoxy groups -OCH3 is 2. The lowest BCUT2D eigenvalue weighted by Gasteiger charge is -2.26. The van der Waals surface area contributed by atoms with Gasteiger partial charge in [-0.1, -0.05) is 45.9 Å². The number of hydrogen-bond acceptors (Lipinski definition) is 6. The van der Waals surface area contributed by atoms with Crippen molar-refractivity contribution in [1.29, 1.82) is 0 Å². The number of ether oxygens (including phenoxy) is 3. The Labute approximate surface area is 229 Å². The molecule has 7 nitrogen and oxygen atoms in total. The van der Waals surface area contributed by atoms with Crippen LogP contribution in [0.3, 0.4) is 0 Å². The fourth-order valence-corrected chi connectivity index (χ4v) is 4.63. The van der Waals surface area contributed by atoms with Gasteiger partial charge in [-0.3, -0.25) is 14.5 Å². The minimum Gasteiger partial charge on any atom is -0.507 e. The molecule has 1 atom stereocenters. The van der Waals surface area contributed by atoms with Gasteiger partial charge in [0.2, 0.25) is 0 Å². The third-order valence-corrected chi connectivity index (χ3v) is 6.78. The number of rotatable bonds is 8. The van der Waals surface area contributed by atoms with Gasteiger partial charge in [-0.25, -0.2) is 0 Å². The van der Waals surface area contributed by atoms with E-state index in [1.54, 1.807) is 49.6 Å². The average Bonchev–Trinajstić information content (AvgIpc) is 3.20. The average molecular weight is 530 g/mol. The van der Waals surface area contributed by atoms with Crippen molar-refractivity contribution in [2.45, 2.75) is 45.6 Å². The maximum atomic E-state index is 13.6.